The molecule has 0 bridgehead atoms. The van der Waals surface area contributed by atoms with Crippen molar-refractivity contribution in [2.45, 2.75) is 19.6 Å². The Morgan fingerprint density at radius 3 is 2.57 bits per heavy atom. The van der Waals surface area contributed by atoms with E-state index in [0.717, 1.165) is 0 Å². The molecule has 0 unspecified atom stereocenters. The van der Waals surface area contributed by atoms with E-state index < -0.39 is 17.7 Å². The fourth-order valence-electron chi connectivity index (χ4n) is 2.03. The molecule has 2 aromatic rings. The van der Waals surface area contributed by atoms with Crippen LogP contribution in [0.5, 0.6) is 0 Å². The molecule has 1 N–H and O–H groups in total. The molecule has 21 heavy (non-hydrogen) atoms. The first kappa shape index (κ1) is 13.6. The van der Waals surface area contributed by atoms with Crippen molar-refractivity contribution in [1.82, 2.24) is 10.2 Å². The second-order valence-electron chi connectivity index (χ2n) is 5.05. The summed E-state index contributed by atoms with van der Waals surface area (Å²) in [6.45, 7) is 2.99. The SMILES string of the molecule is CC1(C)OC(=O)C(=Cc2ccc3n[nH]c(Cl)c3c2)C(=O)O1. The van der Waals surface area contributed by atoms with Crippen LogP contribution in [0.2, 0.25) is 5.15 Å². The molecule has 3 rings (SSSR count). The zero-order chi connectivity index (χ0) is 15.2. The molecule has 1 aromatic carbocycles. The highest BCUT2D eigenvalue weighted by Crippen LogP contribution is 2.26. The van der Waals surface area contributed by atoms with E-state index in [4.69, 9.17) is 21.1 Å². The average Bonchev–Trinajstić information content (AvgIpc) is 2.74. The predicted molar refractivity (Wildman–Crippen MR) is 75.3 cm³/mol. The molecular weight excluding hydrogens is 296 g/mol. The molecule has 1 aromatic heterocycles. The summed E-state index contributed by atoms with van der Waals surface area (Å²) in [5.41, 5.74) is 1.15. The van der Waals surface area contributed by atoms with E-state index in [9.17, 15) is 9.59 Å². The van der Waals surface area contributed by atoms with Crippen molar-refractivity contribution in [2.75, 3.05) is 0 Å². The molecule has 1 aliphatic rings. The molecule has 0 atom stereocenters. The summed E-state index contributed by atoms with van der Waals surface area (Å²) in [5.74, 6) is -2.67. The van der Waals surface area contributed by atoms with Gasteiger partial charge in [0.2, 0.25) is 0 Å². The Kier molecular flexibility index (Phi) is 2.98. The lowest BCUT2D eigenvalue weighted by molar-refractivity contribution is -0.222. The van der Waals surface area contributed by atoms with Crippen molar-refractivity contribution in [1.29, 1.82) is 0 Å². The molecule has 0 spiro atoms. The molecule has 0 radical (unpaired) electrons. The number of halogens is 1. The van der Waals surface area contributed by atoms with Crippen molar-refractivity contribution in [2.24, 2.45) is 0 Å². The van der Waals surface area contributed by atoms with Crippen LogP contribution in [0.1, 0.15) is 19.4 Å². The Hall–Kier alpha value is -2.34. The first-order valence-corrected chi connectivity index (χ1v) is 6.55. The highest BCUT2D eigenvalue weighted by atomic mass is 35.5. The van der Waals surface area contributed by atoms with Crippen LogP contribution in [0.25, 0.3) is 17.0 Å². The zero-order valence-electron chi connectivity index (χ0n) is 11.3. The van der Waals surface area contributed by atoms with Gasteiger partial charge in [0.05, 0.1) is 5.52 Å². The van der Waals surface area contributed by atoms with Crippen LogP contribution < -0.4 is 0 Å². The van der Waals surface area contributed by atoms with Gasteiger partial charge in [-0.3, -0.25) is 5.10 Å². The predicted octanol–water partition coefficient (Wildman–Crippen LogP) is 2.44. The van der Waals surface area contributed by atoms with E-state index in [0.29, 0.717) is 21.6 Å². The van der Waals surface area contributed by atoms with Crippen LogP contribution >= 0.6 is 11.6 Å². The normalized spacial score (nSPS) is 17.6. The quantitative estimate of drug-likeness (QED) is 0.497. The van der Waals surface area contributed by atoms with E-state index in [2.05, 4.69) is 10.2 Å². The molecule has 0 saturated carbocycles. The number of nitrogens with one attached hydrogen (secondary N) is 1. The number of nitrogens with zero attached hydrogens (tertiary/aromatic N) is 1. The Morgan fingerprint density at radius 2 is 1.90 bits per heavy atom. The largest absolute Gasteiger partial charge is 0.419 e. The Bertz CT molecular complexity index is 769. The van der Waals surface area contributed by atoms with Gasteiger partial charge in [0.25, 0.3) is 5.79 Å². The first-order valence-electron chi connectivity index (χ1n) is 6.18. The number of benzene rings is 1. The van der Waals surface area contributed by atoms with Crippen LogP contribution in [-0.2, 0) is 19.1 Å². The maximum absolute atomic E-state index is 11.9. The van der Waals surface area contributed by atoms with Gasteiger partial charge in [-0.05, 0) is 23.8 Å². The number of aromatic amines is 1. The number of ether oxygens (including phenoxy) is 2. The third-order valence-electron chi connectivity index (χ3n) is 2.96. The molecule has 0 amide bonds. The Balaban J connectivity index is 2.01. The van der Waals surface area contributed by atoms with Crippen LogP contribution in [0.3, 0.4) is 0 Å². The first-order chi connectivity index (χ1) is 9.85. The number of hydrogen-bond donors (Lipinski definition) is 1. The molecule has 1 aliphatic heterocycles. The molecule has 7 heteroatoms. The summed E-state index contributed by atoms with van der Waals surface area (Å²) in [4.78, 5) is 23.7. The number of hydrogen-bond acceptors (Lipinski definition) is 5. The number of carbonyl (C=O) groups is 2. The Labute approximate surface area is 124 Å². The average molecular weight is 307 g/mol. The maximum atomic E-state index is 11.9. The second-order valence-corrected chi connectivity index (χ2v) is 5.43. The molecule has 1 fully saturated rings. The van der Waals surface area contributed by atoms with E-state index in [1.807, 2.05) is 0 Å². The van der Waals surface area contributed by atoms with Gasteiger partial charge in [0.1, 0.15) is 10.7 Å². The molecule has 108 valence electrons. The second kappa shape index (κ2) is 4.60. The monoisotopic (exact) mass is 306 g/mol. The van der Waals surface area contributed by atoms with Crippen molar-refractivity contribution < 1.29 is 19.1 Å². The minimum atomic E-state index is -1.25. The van der Waals surface area contributed by atoms with Gasteiger partial charge in [0, 0.05) is 19.2 Å². The van der Waals surface area contributed by atoms with Gasteiger partial charge >= 0.3 is 11.9 Å². The van der Waals surface area contributed by atoms with Crippen LogP contribution in [0.15, 0.2) is 23.8 Å². The fraction of sp³-hybridized carbons (Fsp3) is 0.214. The van der Waals surface area contributed by atoms with Gasteiger partial charge < -0.3 is 9.47 Å². The number of fused-ring (bicyclic) bond motifs is 1. The molecule has 2 heterocycles. The van der Waals surface area contributed by atoms with E-state index in [1.165, 1.54) is 19.9 Å². The summed E-state index contributed by atoms with van der Waals surface area (Å²) in [7, 11) is 0. The maximum Gasteiger partial charge on any atom is 0.348 e. The van der Waals surface area contributed by atoms with E-state index >= 15 is 0 Å². The summed E-state index contributed by atoms with van der Waals surface area (Å²) < 4.78 is 10.1. The number of rotatable bonds is 1. The van der Waals surface area contributed by atoms with E-state index in [-0.39, 0.29) is 5.57 Å². The van der Waals surface area contributed by atoms with Crippen LogP contribution in [0.4, 0.5) is 0 Å². The number of carbonyl (C=O) groups excluding carboxylic acids is 2. The van der Waals surface area contributed by atoms with Gasteiger partial charge in [-0.15, -0.1) is 0 Å². The summed E-state index contributed by atoms with van der Waals surface area (Å²) in [6.07, 6.45) is 1.41. The Morgan fingerprint density at radius 1 is 1.24 bits per heavy atom. The lowest BCUT2D eigenvalue weighted by Crippen LogP contribution is -2.41. The minimum Gasteiger partial charge on any atom is -0.419 e. The smallest absolute Gasteiger partial charge is 0.348 e. The van der Waals surface area contributed by atoms with Crippen LogP contribution in [0, 0.1) is 0 Å². The van der Waals surface area contributed by atoms with Crippen molar-refractivity contribution in [3.05, 3.63) is 34.5 Å². The van der Waals surface area contributed by atoms with Crippen molar-refractivity contribution >= 4 is 40.5 Å². The summed E-state index contributed by atoms with van der Waals surface area (Å²) in [5, 5.41) is 7.73. The third-order valence-corrected chi connectivity index (χ3v) is 3.25. The highest BCUT2D eigenvalue weighted by Gasteiger charge is 2.38. The lowest BCUT2D eigenvalue weighted by atomic mass is 10.1. The topological polar surface area (TPSA) is 81.3 Å². The van der Waals surface area contributed by atoms with Gasteiger partial charge in [-0.2, -0.15) is 5.10 Å². The molecule has 1 saturated heterocycles. The summed E-state index contributed by atoms with van der Waals surface area (Å²) in [6, 6.07) is 5.16. The molecule has 0 aliphatic carbocycles. The van der Waals surface area contributed by atoms with Gasteiger partial charge in [0.15, 0.2) is 0 Å². The zero-order valence-corrected chi connectivity index (χ0v) is 12.0. The number of H-pyrrole nitrogens is 1. The molecular formula is C14H11ClN2O4. The number of cyclic esters (lactones) is 2. The van der Waals surface area contributed by atoms with Crippen molar-refractivity contribution in [3.63, 3.8) is 0 Å². The third kappa shape index (κ3) is 2.50. The fourth-order valence-corrected chi connectivity index (χ4v) is 2.23. The molecule has 6 nitrogen and oxygen atoms in total. The highest BCUT2D eigenvalue weighted by molar-refractivity contribution is 6.34. The van der Waals surface area contributed by atoms with Crippen LogP contribution in [-0.4, -0.2) is 27.9 Å². The van der Waals surface area contributed by atoms with Gasteiger partial charge in [-0.25, -0.2) is 9.59 Å². The number of esters is 2. The number of aromatic nitrogens is 2. The summed E-state index contributed by atoms with van der Waals surface area (Å²) >= 11 is 5.96. The lowest BCUT2D eigenvalue weighted by Gasteiger charge is -2.29. The van der Waals surface area contributed by atoms with Gasteiger partial charge in [-0.1, -0.05) is 17.7 Å². The minimum absolute atomic E-state index is 0.159. The van der Waals surface area contributed by atoms with E-state index in [1.54, 1.807) is 18.2 Å². The van der Waals surface area contributed by atoms with Crippen molar-refractivity contribution in [3.8, 4) is 0 Å². The standard InChI is InChI=1S/C14H11ClN2O4/c1-14(2)20-12(18)9(13(19)21-14)6-7-3-4-10-8(5-7)11(15)17-16-10/h3-6H,1-2H3,(H,16,17).